The fourth-order valence-electron chi connectivity index (χ4n) is 0.991. The Morgan fingerprint density at radius 2 is 1.94 bits per heavy atom. The van der Waals surface area contributed by atoms with E-state index in [1.54, 1.807) is 0 Å². The van der Waals surface area contributed by atoms with Gasteiger partial charge in [-0.25, -0.2) is 9.97 Å². The molecule has 18 heavy (non-hydrogen) atoms. The first-order chi connectivity index (χ1) is 8.50. The summed E-state index contributed by atoms with van der Waals surface area (Å²) >= 11 is 0. The van der Waals surface area contributed by atoms with E-state index in [1.807, 2.05) is 0 Å². The average Bonchev–Trinajstić information content (AvgIpc) is 2.79. The van der Waals surface area contributed by atoms with Gasteiger partial charge >= 0.3 is 24.5 Å². The van der Waals surface area contributed by atoms with Crippen LogP contribution in [0.1, 0.15) is 5.89 Å². The van der Waals surface area contributed by atoms with Crippen LogP contribution < -0.4 is 4.74 Å². The Hall–Kier alpha value is -2.52. The maximum Gasteiger partial charge on any atom is 0.471 e. The van der Waals surface area contributed by atoms with Crippen molar-refractivity contribution in [3.05, 3.63) is 18.3 Å². The van der Waals surface area contributed by atoms with E-state index in [1.165, 1.54) is 0 Å². The molecule has 0 radical (unpaired) electrons. The monoisotopic (exact) mass is 260 g/mol. The van der Waals surface area contributed by atoms with E-state index in [-0.39, 0.29) is 23.9 Å². The number of nitrogens with zero attached hydrogens (tertiary/aromatic N) is 4. The fraction of sp³-hybridized carbons (Fsp3) is 0.125. The summed E-state index contributed by atoms with van der Waals surface area (Å²) in [5.41, 5.74) is 0.0903. The summed E-state index contributed by atoms with van der Waals surface area (Å²) in [7, 11) is 0. The topological polar surface area (TPSA) is 91.0 Å². The van der Waals surface area contributed by atoms with E-state index in [9.17, 15) is 18.0 Å². The molecular formula is C8H3F3N4O3. The summed E-state index contributed by atoms with van der Waals surface area (Å²) in [4.78, 5) is 20.2. The van der Waals surface area contributed by atoms with E-state index in [2.05, 4.69) is 29.4 Å². The maximum absolute atomic E-state index is 12.2. The van der Waals surface area contributed by atoms with Gasteiger partial charge < -0.3 is 9.26 Å². The molecule has 0 amide bonds. The number of halogens is 3. The van der Waals surface area contributed by atoms with Crippen LogP contribution in [0.15, 0.2) is 16.9 Å². The number of aromatic nitrogens is 4. The summed E-state index contributed by atoms with van der Waals surface area (Å²) in [6.07, 6.45) is -2.53. The molecule has 0 aliphatic heterocycles. The number of carbonyl (C=O) groups excluding carboxylic acids is 1. The number of carbonyl (C=O) groups is 1. The van der Waals surface area contributed by atoms with Crippen LogP contribution in [0.2, 0.25) is 0 Å². The van der Waals surface area contributed by atoms with Crippen molar-refractivity contribution in [3.63, 3.8) is 0 Å². The second kappa shape index (κ2) is 4.39. The zero-order chi connectivity index (χ0) is 13.2. The minimum Gasteiger partial charge on any atom is -0.393 e. The van der Waals surface area contributed by atoms with Gasteiger partial charge in [0, 0.05) is 12.4 Å². The Balaban J connectivity index is 2.26. The molecule has 7 nitrogen and oxygen atoms in total. The van der Waals surface area contributed by atoms with Crippen LogP contribution in [-0.2, 0) is 11.0 Å². The third kappa shape index (κ3) is 2.42. The smallest absolute Gasteiger partial charge is 0.393 e. The van der Waals surface area contributed by atoms with Crippen molar-refractivity contribution in [3.8, 4) is 17.4 Å². The predicted octanol–water partition coefficient (Wildman–Crippen LogP) is 1.08. The van der Waals surface area contributed by atoms with Crippen molar-refractivity contribution in [1.29, 1.82) is 0 Å². The molecule has 0 fully saturated rings. The van der Waals surface area contributed by atoms with Crippen LogP contribution in [0.4, 0.5) is 13.2 Å². The van der Waals surface area contributed by atoms with E-state index in [0.29, 0.717) is 0 Å². The van der Waals surface area contributed by atoms with Crippen molar-refractivity contribution >= 4 is 6.47 Å². The molecule has 0 spiro atoms. The van der Waals surface area contributed by atoms with Crippen LogP contribution in [-0.4, -0.2) is 26.6 Å². The van der Waals surface area contributed by atoms with Crippen molar-refractivity contribution in [2.45, 2.75) is 6.18 Å². The molecule has 0 aromatic carbocycles. The highest BCUT2D eigenvalue weighted by Gasteiger charge is 2.38. The molecule has 0 atom stereocenters. The van der Waals surface area contributed by atoms with Crippen molar-refractivity contribution < 1.29 is 27.2 Å². The highest BCUT2D eigenvalue weighted by Crippen LogP contribution is 2.29. The minimum absolute atomic E-state index is 0.0903. The zero-order valence-corrected chi connectivity index (χ0v) is 8.38. The molecule has 0 bridgehead atoms. The normalized spacial score (nSPS) is 11.3. The SMILES string of the molecule is O=COc1ncc(-c2noc(C(F)(F)F)n2)cn1. The van der Waals surface area contributed by atoms with E-state index < -0.39 is 12.1 Å². The minimum atomic E-state index is -4.72. The quantitative estimate of drug-likeness (QED) is 0.762. The van der Waals surface area contributed by atoms with Crippen LogP contribution in [0.25, 0.3) is 11.4 Å². The summed E-state index contributed by atoms with van der Waals surface area (Å²) in [5.74, 6) is -1.79. The van der Waals surface area contributed by atoms with Crippen LogP contribution >= 0.6 is 0 Å². The second-order valence-corrected chi connectivity index (χ2v) is 2.89. The number of hydrogen-bond acceptors (Lipinski definition) is 7. The first-order valence-electron chi connectivity index (χ1n) is 4.34. The van der Waals surface area contributed by atoms with Crippen LogP contribution in [0.3, 0.4) is 0 Å². The van der Waals surface area contributed by atoms with Gasteiger partial charge in [0.25, 0.3) is 0 Å². The summed E-state index contributed by atoms with van der Waals surface area (Å²) < 4.78 is 44.9. The molecule has 0 aliphatic carbocycles. The average molecular weight is 260 g/mol. The molecule has 0 saturated carbocycles. The molecule has 0 unspecified atom stereocenters. The molecule has 2 heterocycles. The molecule has 10 heteroatoms. The third-order valence-corrected chi connectivity index (χ3v) is 1.71. The largest absolute Gasteiger partial charge is 0.471 e. The summed E-state index contributed by atoms with van der Waals surface area (Å²) in [6, 6.07) is -0.242. The highest BCUT2D eigenvalue weighted by atomic mass is 19.4. The van der Waals surface area contributed by atoms with Gasteiger partial charge in [0.1, 0.15) is 0 Å². The van der Waals surface area contributed by atoms with Crippen molar-refractivity contribution in [2.24, 2.45) is 0 Å². The molecular weight excluding hydrogens is 257 g/mol. The van der Waals surface area contributed by atoms with Gasteiger partial charge in [-0.2, -0.15) is 18.2 Å². The Bertz CT molecular complexity index is 551. The molecule has 2 aromatic heterocycles. The number of alkyl halides is 3. The van der Waals surface area contributed by atoms with E-state index >= 15 is 0 Å². The zero-order valence-electron chi connectivity index (χ0n) is 8.38. The standard InChI is InChI=1S/C8H3F3N4O3/c9-8(10,11)6-14-5(15-18-6)4-1-12-7(13-2-4)17-3-16/h1-3H. The number of rotatable bonds is 3. The lowest BCUT2D eigenvalue weighted by molar-refractivity contribution is -0.159. The first-order valence-corrected chi connectivity index (χ1v) is 4.34. The lowest BCUT2D eigenvalue weighted by Gasteiger charge is -1.96. The first kappa shape index (κ1) is 12.0. The molecule has 2 aromatic rings. The van der Waals surface area contributed by atoms with Gasteiger partial charge in [-0.1, -0.05) is 5.16 Å². The lowest BCUT2D eigenvalue weighted by Crippen LogP contribution is -2.04. The fourth-order valence-corrected chi connectivity index (χ4v) is 0.991. The molecule has 2 rings (SSSR count). The third-order valence-electron chi connectivity index (χ3n) is 1.71. The summed E-state index contributed by atoms with van der Waals surface area (Å²) in [6.45, 7) is 0.116. The summed E-state index contributed by atoms with van der Waals surface area (Å²) in [5, 5.41) is 3.13. The van der Waals surface area contributed by atoms with Crippen LogP contribution in [0.5, 0.6) is 6.01 Å². The van der Waals surface area contributed by atoms with Crippen LogP contribution in [0, 0.1) is 0 Å². The van der Waals surface area contributed by atoms with Gasteiger partial charge in [-0.3, -0.25) is 4.79 Å². The van der Waals surface area contributed by atoms with Gasteiger partial charge in [0.2, 0.25) is 5.82 Å². The Kier molecular flexibility index (Phi) is 2.92. The Morgan fingerprint density at radius 1 is 1.28 bits per heavy atom. The Labute approximate surface area is 96.6 Å². The van der Waals surface area contributed by atoms with Gasteiger partial charge in [-0.05, 0) is 0 Å². The lowest BCUT2D eigenvalue weighted by atomic mass is 10.3. The molecule has 0 saturated heterocycles. The predicted molar refractivity (Wildman–Crippen MR) is 47.0 cm³/mol. The second-order valence-electron chi connectivity index (χ2n) is 2.89. The highest BCUT2D eigenvalue weighted by molar-refractivity contribution is 5.51. The molecule has 94 valence electrons. The molecule has 0 N–H and O–H groups in total. The van der Waals surface area contributed by atoms with E-state index in [4.69, 9.17) is 0 Å². The van der Waals surface area contributed by atoms with Gasteiger partial charge in [0.15, 0.2) is 0 Å². The van der Waals surface area contributed by atoms with Crippen molar-refractivity contribution in [1.82, 2.24) is 20.1 Å². The molecule has 0 aliphatic rings. The maximum atomic E-state index is 12.2. The van der Waals surface area contributed by atoms with Gasteiger partial charge in [0.05, 0.1) is 5.56 Å². The van der Waals surface area contributed by atoms with Gasteiger partial charge in [-0.15, -0.1) is 0 Å². The van der Waals surface area contributed by atoms with Crippen molar-refractivity contribution in [2.75, 3.05) is 0 Å². The number of hydrogen-bond donors (Lipinski definition) is 0. The number of ether oxygens (including phenoxy) is 1. The van der Waals surface area contributed by atoms with E-state index in [0.717, 1.165) is 12.4 Å². The Morgan fingerprint density at radius 3 is 2.44 bits per heavy atom.